The van der Waals surface area contributed by atoms with Gasteiger partial charge in [0, 0.05) is 23.2 Å². The summed E-state index contributed by atoms with van der Waals surface area (Å²) in [5, 5.41) is 9.14. The van der Waals surface area contributed by atoms with E-state index < -0.39 is 0 Å². The van der Waals surface area contributed by atoms with Gasteiger partial charge in [-0.05, 0) is 62.6 Å². The van der Waals surface area contributed by atoms with Gasteiger partial charge in [0.05, 0.1) is 16.2 Å². The van der Waals surface area contributed by atoms with E-state index in [4.69, 9.17) is 16.6 Å². The number of amides is 1. The van der Waals surface area contributed by atoms with Gasteiger partial charge in [0.15, 0.2) is 5.65 Å². The van der Waals surface area contributed by atoms with E-state index in [1.807, 2.05) is 67.8 Å². The second-order valence-electron chi connectivity index (χ2n) is 7.05. The summed E-state index contributed by atoms with van der Waals surface area (Å²) >= 11 is 6.21. The number of fused-ring (bicyclic) bond motifs is 3. The quantitative estimate of drug-likeness (QED) is 0.529. The van der Waals surface area contributed by atoms with Crippen molar-refractivity contribution >= 4 is 39.7 Å². The van der Waals surface area contributed by atoms with Gasteiger partial charge in [-0.15, -0.1) is 0 Å². The van der Waals surface area contributed by atoms with Crippen LogP contribution in [0.5, 0.6) is 0 Å². The number of nitrogens with one attached hydrogen (secondary N) is 1. The summed E-state index contributed by atoms with van der Waals surface area (Å²) in [5.41, 5.74) is 6.45. The van der Waals surface area contributed by atoms with Crippen LogP contribution in [-0.4, -0.2) is 20.5 Å². The highest BCUT2D eigenvalue weighted by molar-refractivity contribution is 6.33. The molecule has 0 bridgehead atoms. The number of hydrogen-bond acceptors (Lipinski definition) is 3. The van der Waals surface area contributed by atoms with Crippen LogP contribution in [-0.2, 0) is 11.2 Å². The second kappa shape index (κ2) is 7.24. The number of anilines is 1. The molecule has 0 aliphatic rings. The molecule has 1 amide bonds. The topological polar surface area (TPSA) is 59.3 Å². The third kappa shape index (κ3) is 3.34. The van der Waals surface area contributed by atoms with Crippen LogP contribution < -0.4 is 5.32 Å². The first-order valence-corrected chi connectivity index (χ1v) is 9.61. The van der Waals surface area contributed by atoms with Crippen LogP contribution in [0.15, 0.2) is 42.5 Å². The number of benzene rings is 2. The molecule has 6 heteroatoms. The van der Waals surface area contributed by atoms with Crippen LogP contribution in [0.1, 0.15) is 28.9 Å². The fourth-order valence-corrected chi connectivity index (χ4v) is 3.79. The molecule has 0 unspecified atom stereocenters. The Kier molecular flexibility index (Phi) is 4.77. The van der Waals surface area contributed by atoms with Crippen molar-refractivity contribution in [3.05, 3.63) is 70.0 Å². The van der Waals surface area contributed by atoms with Crippen molar-refractivity contribution in [1.82, 2.24) is 14.6 Å². The number of carbonyl (C=O) groups is 1. The molecule has 1 N–H and O–H groups in total. The van der Waals surface area contributed by atoms with E-state index in [-0.39, 0.29) is 5.91 Å². The summed E-state index contributed by atoms with van der Waals surface area (Å²) < 4.78 is 1.88. The summed E-state index contributed by atoms with van der Waals surface area (Å²) in [6, 6.07) is 13.6. The van der Waals surface area contributed by atoms with Crippen LogP contribution in [0.2, 0.25) is 5.02 Å². The Morgan fingerprint density at radius 3 is 2.71 bits per heavy atom. The lowest BCUT2D eigenvalue weighted by atomic mass is 10.1. The lowest BCUT2D eigenvalue weighted by Crippen LogP contribution is -2.14. The predicted molar refractivity (Wildman–Crippen MR) is 113 cm³/mol. The first-order valence-electron chi connectivity index (χ1n) is 9.23. The van der Waals surface area contributed by atoms with Gasteiger partial charge in [-0.25, -0.2) is 9.50 Å². The lowest BCUT2D eigenvalue weighted by molar-refractivity contribution is -0.116. The van der Waals surface area contributed by atoms with E-state index in [0.29, 0.717) is 23.6 Å². The molecule has 28 heavy (non-hydrogen) atoms. The number of carbonyl (C=O) groups excluding carboxylic acids is 1. The number of aryl methyl sites for hydroxylation is 3. The minimum Gasteiger partial charge on any atom is -0.325 e. The van der Waals surface area contributed by atoms with Crippen molar-refractivity contribution in [2.45, 2.75) is 33.6 Å². The Balaban J connectivity index is 1.57. The first-order chi connectivity index (χ1) is 13.4. The predicted octanol–water partition coefficient (Wildman–Crippen LogP) is 5.03. The van der Waals surface area contributed by atoms with Crippen LogP contribution in [0.25, 0.3) is 16.6 Å². The molecular weight excluding hydrogens is 372 g/mol. The number of rotatable bonds is 4. The molecule has 0 radical (unpaired) electrons. The van der Waals surface area contributed by atoms with Crippen LogP contribution in [0, 0.1) is 20.8 Å². The lowest BCUT2D eigenvalue weighted by Gasteiger charge is -2.12. The zero-order valence-corrected chi connectivity index (χ0v) is 16.8. The fourth-order valence-electron chi connectivity index (χ4n) is 3.51. The SMILES string of the molecule is Cc1ccc(NC(=O)CCc2c(C)nc3c4ccccc4nn3c2C)c(Cl)c1. The molecule has 4 rings (SSSR count). The third-order valence-electron chi connectivity index (χ3n) is 5.02. The van der Waals surface area contributed by atoms with Gasteiger partial charge in [-0.2, -0.15) is 5.10 Å². The first kappa shape index (κ1) is 18.4. The average molecular weight is 393 g/mol. The van der Waals surface area contributed by atoms with Gasteiger partial charge in [0.25, 0.3) is 0 Å². The highest BCUT2D eigenvalue weighted by Crippen LogP contribution is 2.25. The highest BCUT2D eigenvalue weighted by atomic mass is 35.5. The maximum atomic E-state index is 12.4. The summed E-state index contributed by atoms with van der Waals surface area (Å²) in [6.45, 7) is 5.97. The molecule has 2 aromatic heterocycles. The minimum atomic E-state index is -0.0738. The van der Waals surface area contributed by atoms with E-state index in [9.17, 15) is 4.79 Å². The summed E-state index contributed by atoms with van der Waals surface area (Å²) in [5.74, 6) is -0.0738. The summed E-state index contributed by atoms with van der Waals surface area (Å²) in [7, 11) is 0. The molecule has 5 nitrogen and oxygen atoms in total. The van der Waals surface area contributed by atoms with Gasteiger partial charge >= 0.3 is 0 Å². The molecular formula is C22H21ClN4O. The Morgan fingerprint density at radius 1 is 1.14 bits per heavy atom. The van der Waals surface area contributed by atoms with E-state index in [1.165, 1.54) is 0 Å². The zero-order chi connectivity index (χ0) is 19.8. The molecule has 0 fully saturated rings. The van der Waals surface area contributed by atoms with Gasteiger partial charge in [0.1, 0.15) is 0 Å². The monoisotopic (exact) mass is 392 g/mol. The van der Waals surface area contributed by atoms with Crippen molar-refractivity contribution in [1.29, 1.82) is 0 Å². The normalized spacial score (nSPS) is 11.3. The maximum absolute atomic E-state index is 12.4. The van der Waals surface area contributed by atoms with E-state index in [2.05, 4.69) is 10.4 Å². The molecule has 0 aliphatic heterocycles. The van der Waals surface area contributed by atoms with E-state index in [1.54, 1.807) is 0 Å². The van der Waals surface area contributed by atoms with Gasteiger partial charge in [-0.3, -0.25) is 4.79 Å². The molecule has 2 heterocycles. The summed E-state index contributed by atoms with van der Waals surface area (Å²) in [6.07, 6.45) is 0.936. The van der Waals surface area contributed by atoms with Crippen molar-refractivity contribution in [2.24, 2.45) is 0 Å². The zero-order valence-electron chi connectivity index (χ0n) is 16.1. The second-order valence-corrected chi connectivity index (χ2v) is 7.45. The number of halogens is 1. The molecule has 0 atom stereocenters. The largest absolute Gasteiger partial charge is 0.325 e. The minimum absolute atomic E-state index is 0.0738. The molecule has 0 spiro atoms. The number of nitrogens with zero attached hydrogens (tertiary/aromatic N) is 3. The van der Waals surface area contributed by atoms with Crippen LogP contribution in [0.4, 0.5) is 5.69 Å². The van der Waals surface area contributed by atoms with Crippen LogP contribution in [0.3, 0.4) is 0 Å². The highest BCUT2D eigenvalue weighted by Gasteiger charge is 2.15. The standard InChI is InChI=1S/C22H21ClN4O/c1-13-8-10-20(18(23)12-13)25-21(28)11-9-16-14(2)24-22-17-6-4-5-7-19(17)26-27(22)15(16)3/h4-8,10,12H,9,11H2,1-3H3,(H,25,28). The van der Waals surface area contributed by atoms with Crippen molar-refractivity contribution in [3.8, 4) is 0 Å². The third-order valence-corrected chi connectivity index (χ3v) is 5.33. The number of hydrogen-bond donors (Lipinski definition) is 1. The molecule has 142 valence electrons. The van der Waals surface area contributed by atoms with Crippen molar-refractivity contribution < 1.29 is 4.79 Å². The van der Waals surface area contributed by atoms with Gasteiger partial charge in [0.2, 0.25) is 5.91 Å². The molecule has 0 saturated heterocycles. The molecule has 0 aliphatic carbocycles. The fraction of sp³-hybridized carbons (Fsp3) is 0.227. The summed E-state index contributed by atoms with van der Waals surface area (Å²) in [4.78, 5) is 17.2. The number of aromatic nitrogens is 3. The Bertz CT molecular complexity index is 1210. The Labute approximate surface area is 168 Å². The van der Waals surface area contributed by atoms with E-state index >= 15 is 0 Å². The van der Waals surface area contributed by atoms with Gasteiger partial charge < -0.3 is 5.32 Å². The van der Waals surface area contributed by atoms with Crippen molar-refractivity contribution in [3.63, 3.8) is 0 Å². The molecule has 4 aromatic rings. The van der Waals surface area contributed by atoms with Crippen LogP contribution >= 0.6 is 11.6 Å². The van der Waals surface area contributed by atoms with Gasteiger partial charge in [-0.1, -0.05) is 29.8 Å². The molecule has 0 saturated carbocycles. The Hall–Kier alpha value is -2.92. The van der Waals surface area contributed by atoms with E-state index in [0.717, 1.165) is 39.1 Å². The smallest absolute Gasteiger partial charge is 0.224 e. The molecule has 2 aromatic carbocycles. The maximum Gasteiger partial charge on any atom is 0.224 e. The average Bonchev–Trinajstić information content (AvgIpc) is 3.03. The Morgan fingerprint density at radius 2 is 1.93 bits per heavy atom. The van der Waals surface area contributed by atoms with Crippen molar-refractivity contribution in [2.75, 3.05) is 5.32 Å².